The summed E-state index contributed by atoms with van der Waals surface area (Å²) in [6.45, 7) is 1.80. The van der Waals surface area contributed by atoms with Crippen molar-refractivity contribution in [2.24, 2.45) is 13.0 Å². The molecule has 33 heavy (non-hydrogen) atoms. The molecular formula is C22H30Cl2F2N4O2S. The minimum atomic E-state index is -4.74. The number of rotatable bonds is 9. The predicted molar refractivity (Wildman–Crippen MR) is 128 cm³/mol. The lowest BCUT2D eigenvalue weighted by atomic mass is 9.92. The van der Waals surface area contributed by atoms with Gasteiger partial charge in [0.2, 0.25) is 0 Å². The highest BCUT2D eigenvalue weighted by molar-refractivity contribution is 7.93. The van der Waals surface area contributed by atoms with Gasteiger partial charge in [-0.1, -0.05) is 36.0 Å². The van der Waals surface area contributed by atoms with Crippen molar-refractivity contribution < 1.29 is 17.2 Å². The Hall–Kier alpha value is -1.42. The Morgan fingerprint density at radius 1 is 1.18 bits per heavy atom. The molecule has 1 aliphatic heterocycles. The second-order valence-corrected chi connectivity index (χ2v) is 11.1. The van der Waals surface area contributed by atoms with Gasteiger partial charge in [-0.05, 0) is 76.2 Å². The van der Waals surface area contributed by atoms with E-state index >= 15 is 0 Å². The number of nitrogens with zero attached hydrogens (tertiary/aromatic N) is 3. The summed E-state index contributed by atoms with van der Waals surface area (Å²) in [5.41, 5.74) is 1.05. The van der Waals surface area contributed by atoms with Crippen LogP contribution in [0.2, 0.25) is 10.0 Å². The molecule has 0 bridgehead atoms. The third-order valence-electron chi connectivity index (χ3n) is 6.23. The first-order chi connectivity index (χ1) is 15.5. The molecule has 0 aliphatic carbocycles. The van der Waals surface area contributed by atoms with Crippen LogP contribution in [0.1, 0.15) is 49.1 Å². The van der Waals surface area contributed by atoms with Gasteiger partial charge in [0.25, 0.3) is 10.0 Å². The summed E-state index contributed by atoms with van der Waals surface area (Å²) in [7, 11) is -3.19. The minimum absolute atomic E-state index is 0.0520. The van der Waals surface area contributed by atoms with Gasteiger partial charge < -0.3 is 5.32 Å². The van der Waals surface area contributed by atoms with Crippen LogP contribution in [0.15, 0.2) is 17.0 Å². The Morgan fingerprint density at radius 2 is 1.79 bits per heavy atom. The molecule has 1 fully saturated rings. The molecule has 0 amide bonds. The number of benzene rings is 1. The Balaban J connectivity index is 1.81. The molecule has 1 aromatic carbocycles. The lowest BCUT2D eigenvalue weighted by Crippen LogP contribution is -2.36. The SMILES string of the molecule is Cc1nn(C)c(C)c1N(C(F)F)S(=O)(=O)c1c(Cl)cc(CCCCC2CCNCC2)cc1Cl. The molecule has 2 aromatic rings. The molecule has 0 unspecified atom stereocenters. The van der Waals surface area contributed by atoms with Gasteiger partial charge in [0.1, 0.15) is 10.6 Å². The topological polar surface area (TPSA) is 67.2 Å². The number of aromatic nitrogens is 2. The maximum atomic E-state index is 14.1. The van der Waals surface area contributed by atoms with E-state index in [0.29, 0.717) is 6.42 Å². The van der Waals surface area contributed by atoms with Crippen molar-refractivity contribution in [3.63, 3.8) is 0 Å². The van der Waals surface area contributed by atoms with Crippen LogP contribution in [0, 0.1) is 19.8 Å². The first kappa shape index (κ1) is 26.2. The molecule has 0 saturated carbocycles. The van der Waals surface area contributed by atoms with Gasteiger partial charge >= 0.3 is 6.55 Å². The van der Waals surface area contributed by atoms with Gasteiger partial charge in [-0.15, -0.1) is 0 Å². The lowest BCUT2D eigenvalue weighted by molar-refractivity contribution is 0.161. The average Bonchev–Trinajstić information content (AvgIpc) is 2.97. The molecule has 2 heterocycles. The molecule has 0 radical (unpaired) electrons. The maximum Gasteiger partial charge on any atom is 0.328 e. The van der Waals surface area contributed by atoms with Gasteiger partial charge in [0, 0.05) is 7.05 Å². The Labute approximate surface area is 204 Å². The smallest absolute Gasteiger partial charge is 0.317 e. The molecule has 1 saturated heterocycles. The van der Waals surface area contributed by atoms with Crippen molar-refractivity contribution in [1.82, 2.24) is 15.1 Å². The highest BCUT2D eigenvalue weighted by atomic mass is 35.5. The second-order valence-electron chi connectivity index (χ2n) is 8.55. The summed E-state index contributed by atoms with van der Waals surface area (Å²) in [6, 6.07) is 3.02. The summed E-state index contributed by atoms with van der Waals surface area (Å²) in [4.78, 5) is -0.521. The number of hydrogen-bond acceptors (Lipinski definition) is 4. The fourth-order valence-electron chi connectivity index (χ4n) is 4.44. The zero-order valence-corrected chi connectivity index (χ0v) is 21.4. The number of unbranched alkanes of at least 4 members (excludes halogenated alkanes) is 1. The van der Waals surface area contributed by atoms with Crippen LogP contribution in [0.5, 0.6) is 0 Å². The van der Waals surface area contributed by atoms with Crippen LogP contribution in [0.4, 0.5) is 14.5 Å². The molecule has 6 nitrogen and oxygen atoms in total. The molecule has 1 aliphatic rings. The van der Waals surface area contributed by atoms with E-state index in [-0.39, 0.29) is 31.4 Å². The van der Waals surface area contributed by atoms with Crippen molar-refractivity contribution in [3.05, 3.63) is 39.1 Å². The van der Waals surface area contributed by atoms with E-state index in [1.807, 2.05) is 0 Å². The van der Waals surface area contributed by atoms with E-state index in [2.05, 4.69) is 10.4 Å². The van der Waals surface area contributed by atoms with Crippen LogP contribution < -0.4 is 9.62 Å². The number of hydrogen-bond donors (Lipinski definition) is 1. The molecule has 0 atom stereocenters. The van der Waals surface area contributed by atoms with E-state index in [1.54, 1.807) is 7.05 Å². The molecule has 184 valence electrons. The van der Waals surface area contributed by atoms with Crippen molar-refractivity contribution in [1.29, 1.82) is 0 Å². The minimum Gasteiger partial charge on any atom is -0.317 e. The third kappa shape index (κ3) is 5.81. The molecule has 1 aromatic heterocycles. The lowest BCUT2D eigenvalue weighted by Gasteiger charge is -2.25. The molecule has 0 spiro atoms. The van der Waals surface area contributed by atoms with Crippen molar-refractivity contribution in [2.75, 3.05) is 17.4 Å². The van der Waals surface area contributed by atoms with Gasteiger partial charge in [0.05, 0.1) is 21.4 Å². The first-order valence-electron chi connectivity index (χ1n) is 11.1. The zero-order chi connectivity index (χ0) is 24.3. The Kier molecular flexibility index (Phi) is 8.64. The fraction of sp³-hybridized carbons (Fsp3) is 0.591. The van der Waals surface area contributed by atoms with E-state index in [4.69, 9.17) is 23.2 Å². The maximum absolute atomic E-state index is 14.1. The van der Waals surface area contributed by atoms with Gasteiger partial charge in [-0.25, -0.2) is 12.7 Å². The van der Waals surface area contributed by atoms with Crippen molar-refractivity contribution in [3.8, 4) is 0 Å². The highest BCUT2D eigenvalue weighted by Crippen LogP contribution is 2.38. The van der Waals surface area contributed by atoms with Crippen molar-refractivity contribution in [2.45, 2.75) is 63.8 Å². The summed E-state index contributed by atoms with van der Waals surface area (Å²) >= 11 is 12.6. The number of piperidine rings is 1. The summed E-state index contributed by atoms with van der Waals surface area (Å²) in [6.07, 6.45) is 6.20. The summed E-state index contributed by atoms with van der Waals surface area (Å²) in [5.74, 6) is 0.741. The van der Waals surface area contributed by atoms with E-state index in [0.717, 1.165) is 43.8 Å². The van der Waals surface area contributed by atoms with Gasteiger partial charge in [0.15, 0.2) is 0 Å². The highest BCUT2D eigenvalue weighted by Gasteiger charge is 2.38. The number of alkyl halides is 2. The van der Waals surface area contributed by atoms with Crippen LogP contribution in [-0.2, 0) is 23.5 Å². The van der Waals surface area contributed by atoms with Crippen LogP contribution in [0.25, 0.3) is 0 Å². The normalized spacial score (nSPS) is 15.4. The number of aryl methyl sites for hydroxylation is 3. The van der Waals surface area contributed by atoms with Crippen molar-refractivity contribution >= 4 is 38.9 Å². The first-order valence-corrected chi connectivity index (χ1v) is 13.2. The number of sulfonamides is 1. The average molecular weight is 523 g/mol. The molecule has 3 rings (SSSR count). The number of nitrogens with one attached hydrogen (secondary N) is 1. The Morgan fingerprint density at radius 3 is 2.30 bits per heavy atom. The standard InChI is InChI=1S/C22H30Cl2F2N4O2S/c1-14-20(15(2)29(3)28-14)30(22(25)26)33(31,32)21-18(23)12-17(13-19(21)24)7-5-4-6-16-8-10-27-11-9-16/h12-13,16,22,27H,4-11H2,1-3H3. The largest absolute Gasteiger partial charge is 0.328 e. The predicted octanol–water partition coefficient (Wildman–Crippen LogP) is 5.47. The zero-order valence-electron chi connectivity index (χ0n) is 19.0. The van der Waals surface area contributed by atoms with E-state index < -0.39 is 21.5 Å². The number of halogens is 4. The van der Waals surface area contributed by atoms with E-state index in [9.17, 15) is 17.2 Å². The van der Waals surface area contributed by atoms with Gasteiger partial charge in [-0.3, -0.25) is 4.68 Å². The molecular weight excluding hydrogens is 493 g/mol. The van der Waals surface area contributed by atoms with Crippen LogP contribution in [0.3, 0.4) is 0 Å². The van der Waals surface area contributed by atoms with Crippen LogP contribution in [-0.4, -0.2) is 37.8 Å². The summed E-state index contributed by atoms with van der Waals surface area (Å²) in [5, 5.41) is 7.09. The number of anilines is 1. The third-order valence-corrected chi connectivity index (χ3v) is 8.87. The molecule has 1 N–H and O–H groups in total. The summed E-state index contributed by atoms with van der Waals surface area (Å²) < 4.78 is 56.1. The molecule has 11 heteroatoms. The monoisotopic (exact) mass is 522 g/mol. The second kappa shape index (κ2) is 10.9. The van der Waals surface area contributed by atoms with Crippen LogP contribution >= 0.6 is 23.2 Å². The fourth-order valence-corrected chi connectivity index (χ4v) is 7.08. The van der Waals surface area contributed by atoms with Gasteiger partial charge in [-0.2, -0.15) is 13.9 Å². The quantitative estimate of drug-likeness (QED) is 0.350. The Bertz CT molecular complexity index is 1060. The van der Waals surface area contributed by atoms with E-state index in [1.165, 1.54) is 43.5 Å².